The average Bonchev–Trinajstić information content (AvgIpc) is 2.91. The van der Waals surface area contributed by atoms with Crippen LogP contribution in [0.15, 0.2) is 30.5 Å². The molecular formula is C16H20N4O4. The van der Waals surface area contributed by atoms with Crippen LogP contribution in [0.2, 0.25) is 0 Å². The topological polar surface area (TPSA) is 106 Å². The van der Waals surface area contributed by atoms with Crippen LogP contribution in [0.3, 0.4) is 0 Å². The standard InChI is InChI=1S/C16H20N4O4/c1-11(2)24-14-5-3-4-12(6-14)7-15(21)17-8-13-9-20(19-18-13)10-16(22)23/h3-6,9,11H,7-8,10H2,1-2H3,(H,17,21)(H,22,23). The molecule has 128 valence electrons. The Kier molecular flexibility index (Phi) is 5.89. The number of nitrogens with one attached hydrogen (secondary N) is 1. The summed E-state index contributed by atoms with van der Waals surface area (Å²) in [5.41, 5.74) is 1.35. The average molecular weight is 332 g/mol. The predicted octanol–water partition coefficient (Wildman–Crippen LogP) is 1.01. The van der Waals surface area contributed by atoms with Crippen molar-refractivity contribution in [3.05, 3.63) is 41.7 Å². The Labute approximate surface area is 139 Å². The number of benzene rings is 1. The minimum atomic E-state index is -1.00. The van der Waals surface area contributed by atoms with Crippen LogP contribution in [0, 0.1) is 0 Å². The molecule has 0 fully saturated rings. The molecule has 0 atom stereocenters. The summed E-state index contributed by atoms with van der Waals surface area (Å²) in [5, 5.41) is 18.9. The van der Waals surface area contributed by atoms with Crippen LogP contribution in [0.4, 0.5) is 0 Å². The lowest BCUT2D eigenvalue weighted by Gasteiger charge is -2.10. The third-order valence-corrected chi connectivity index (χ3v) is 2.98. The summed E-state index contributed by atoms with van der Waals surface area (Å²) in [6, 6.07) is 7.39. The van der Waals surface area contributed by atoms with E-state index in [1.165, 1.54) is 10.9 Å². The molecule has 0 aliphatic heterocycles. The van der Waals surface area contributed by atoms with Gasteiger partial charge in [0.1, 0.15) is 18.0 Å². The largest absolute Gasteiger partial charge is 0.491 e. The summed E-state index contributed by atoms with van der Waals surface area (Å²) in [4.78, 5) is 22.6. The zero-order valence-corrected chi connectivity index (χ0v) is 13.6. The monoisotopic (exact) mass is 332 g/mol. The van der Waals surface area contributed by atoms with Crippen molar-refractivity contribution in [2.24, 2.45) is 0 Å². The smallest absolute Gasteiger partial charge is 0.325 e. The van der Waals surface area contributed by atoms with Crippen molar-refractivity contribution in [2.75, 3.05) is 0 Å². The molecular weight excluding hydrogens is 312 g/mol. The van der Waals surface area contributed by atoms with Crippen LogP contribution in [-0.2, 0) is 29.1 Å². The van der Waals surface area contributed by atoms with Crippen molar-refractivity contribution in [3.63, 3.8) is 0 Å². The molecule has 1 heterocycles. The van der Waals surface area contributed by atoms with Gasteiger partial charge in [0, 0.05) is 0 Å². The maximum absolute atomic E-state index is 12.0. The van der Waals surface area contributed by atoms with E-state index < -0.39 is 5.97 Å². The van der Waals surface area contributed by atoms with Gasteiger partial charge < -0.3 is 15.2 Å². The Hall–Kier alpha value is -2.90. The van der Waals surface area contributed by atoms with Gasteiger partial charge >= 0.3 is 5.97 Å². The van der Waals surface area contributed by atoms with Gasteiger partial charge in [0.15, 0.2) is 0 Å². The first kappa shape index (κ1) is 17.5. The van der Waals surface area contributed by atoms with Gasteiger partial charge in [-0.1, -0.05) is 17.3 Å². The van der Waals surface area contributed by atoms with Crippen molar-refractivity contribution in [1.82, 2.24) is 20.3 Å². The fourth-order valence-electron chi connectivity index (χ4n) is 2.07. The zero-order valence-electron chi connectivity index (χ0n) is 13.6. The molecule has 0 aliphatic carbocycles. The number of aromatic nitrogens is 3. The van der Waals surface area contributed by atoms with Crippen LogP contribution in [0.25, 0.3) is 0 Å². The van der Waals surface area contributed by atoms with E-state index in [1.807, 2.05) is 38.1 Å². The normalized spacial score (nSPS) is 10.6. The van der Waals surface area contributed by atoms with Crippen molar-refractivity contribution in [2.45, 2.75) is 39.5 Å². The molecule has 8 nitrogen and oxygen atoms in total. The highest BCUT2D eigenvalue weighted by Gasteiger charge is 2.08. The Bertz CT molecular complexity index is 712. The Morgan fingerprint density at radius 2 is 2.17 bits per heavy atom. The minimum absolute atomic E-state index is 0.0718. The van der Waals surface area contributed by atoms with Gasteiger partial charge in [-0.25, -0.2) is 4.68 Å². The van der Waals surface area contributed by atoms with E-state index in [0.717, 1.165) is 11.3 Å². The Balaban J connectivity index is 1.85. The second-order valence-electron chi connectivity index (χ2n) is 5.57. The molecule has 1 aromatic carbocycles. The summed E-state index contributed by atoms with van der Waals surface area (Å²) in [5.74, 6) is -0.435. The third-order valence-electron chi connectivity index (χ3n) is 2.98. The van der Waals surface area contributed by atoms with Gasteiger partial charge in [-0.05, 0) is 31.5 Å². The number of carboxylic acids is 1. The number of hydrogen-bond acceptors (Lipinski definition) is 5. The lowest BCUT2D eigenvalue weighted by Crippen LogP contribution is -2.24. The highest BCUT2D eigenvalue weighted by Crippen LogP contribution is 2.15. The second kappa shape index (κ2) is 8.09. The van der Waals surface area contributed by atoms with E-state index in [1.54, 1.807) is 0 Å². The summed E-state index contributed by atoms with van der Waals surface area (Å²) in [6.07, 6.45) is 1.78. The summed E-state index contributed by atoms with van der Waals surface area (Å²) < 4.78 is 6.80. The second-order valence-corrected chi connectivity index (χ2v) is 5.57. The van der Waals surface area contributed by atoms with Crippen molar-refractivity contribution in [3.8, 4) is 5.75 Å². The Morgan fingerprint density at radius 3 is 2.88 bits per heavy atom. The van der Waals surface area contributed by atoms with Crippen molar-refractivity contribution < 1.29 is 19.4 Å². The zero-order chi connectivity index (χ0) is 17.5. The molecule has 1 amide bonds. The number of carbonyl (C=O) groups is 2. The molecule has 0 bridgehead atoms. The SMILES string of the molecule is CC(C)Oc1cccc(CC(=O)NCc2cn(CC(=O)O)nn2)c1. The Morgan fingerprint density at radius 1 is 1.38 bits per heavy atom. The first-order valence-electron chi connectivity index (χ1n) is 7.55. The number of nitrogens with zero attached hydrogens (tertiary/aromatic N) is 3. The molecule has 0 unspecified atom stereocenters. The number of hydrogen-bond donors (Lipinski definition) is 2. The van der Waals surface area contributed by atoms with Crippen LogP contribution in [0.1, 0.15) is 25.1 Å². The van der Waals surface area contributed by atoms with Crippen LogP contribution in [0.5, 0.6) is 5.75 Å². The van der Waals surface area contributed by atoms with E-state index in [2.05, 4.69) is 15.6 Å². The van der Waals surface area contributed by atoms with E-state index in [9.17, 15) is 9.59 Å². The van der Waals surface area contributed by atoms with Gasteiger partial charge in [-0.2, -0.15) is 0 Å². The van der Waals surface area contributed by atoms with E-state index in [-0.39, 0.29) is 31.5 Å². The van der Waals surface area contributed by atoms with Gasteiger partial charge in [0.05, 0.1) is 25.3 Å². The number of amides is 1. The van der Waals surface area contributed by atoms with Gasteiger partial charge in [-0.15, -0.1) is 5.10 Å². The molecule has 2 N–H and O–H groups in total. The van der Waals surface area contributed by atoms with Gasteiger partial charge in [-0.3, -0.25) is 9.59 Å². The van der Waals surface area contributed by atoms with Crippen LogP contribution >= 0.6 is 0 Å². The number of carboxylic acid groups (broad SMARTS) is 1. The fourth-order valence-corrected chi connectivity index (χ4v) is 2.07. The van der Waals surface area contributed by atoms with Crippen molar-refractivity contribution in [1.29, 1.82) is 0 Å². The van der Waals surface area contributed by atoms with Crippen LogP contribution < -0.4 is 10.1 Å². The summed E-state index contributed by atoms with van der Waals surface area (Å²) in [7, 11) is 0. The highest BCUT2D eigenvalue weighted by molar-refractivity contribution is 5.78. The first-order valence-corrected chi connectivity index (χ1v) is 7.55. The van der Waals surface area contributed by atoms with Gasteiger partial charge in [0.2, 0.25) is 5.91 Å². The van der Waals surface area contributed by atoms with E-state index >= 15 is 0 Å². The van der Waals surface area contributed by atoms with E-state index in [0.29, 0.717) is 5.69 Å². The molecule has 0 saturated heterocycles. The molecule has 24 heavy (non-hydrogen) atoms. The van der Waals surface area contributed by atoms with Gasteiger partial charge in [0.25, 0.3) is 0 Å². The van der Waals surface area contributed by atoms with Crippen LogP contribution in [-0.4, -0.2) is 38.1 Å². The van der Waals surface area contributed by atoms with Crippen molar-refractivity contribution >= 4 is 11.9 Å². The predicted molar refractivity (Wildman–Crippen MR) is 85.4 cm³/mol. The molecule has 0 saturated carbocycles. The lowest BCUT2D eigenvalue weighted by atomic mass is 10.1. The number of rotatable bonds is 8. The quantitative estimate of drug-likeness (QED) is 0.747. The number of ether oxygens (including phenoxy) is 1. The summed E-state index contributed by atoms with van der Waals surface area (Å²) in [6.45, 7) is 3.82. The molecule has 0 radical (unpaired) electrons. The molecule has 1 aromatic heterocycles. The highest BCUT2D eigenvalue weighted by atomic mass is 16.5. The number of aliphatic carboxylic acids is 1. The molecule has 0 spiro atoms. The van der Waals surface area contributed by atoms with E-state index in [4.69, 9.17) is 9.84 Å². The third kappa shape index (κ3) is 5.71. The summed E-state index contributed by atoms with van der Waals surface area (Å²) >= 11 is 0. The number of carbonyl (C=O) groups excluding carboxylic acids is 1. The molecule has 2 rings (SSSR count). The molecule has 0 aliphatic rings. The lowest BCUT2D eigenvalue weighted by molar-refractivity contribution is -0.138. The maximum atomic E-state index is 12.0. The first-order chi connectivity index (χ1) is 11.4. The molecule has 2 aromatic rings. The maximum Gasteiger partial charge on any atom is 0.325 e. The minimum Gasteiger partial charge on any atom is -0.491 e. The molecule has 8 heteroatoms. The fraction of sp³-hybridized carbons (Fsp3) is 0.375.